The lowest BCUT2D eigenvalue weighted by molar-refractivity contribution is 0.794. The molecule has 0 heteroatoms. The molecule has 0 unspecified atom stereocenters. The molecule has 2 aliphatic rings. The molecule has 0 radical (unpaired) electrons. The summed E-state index contributed by atoms with van der Waals surface area (Å²) in [4.78, 5) is 0. The van der Waals surface area contributed by atoms with E-state index in [4.69, 9.17) is 0 Å². The zero-order valence-corrected chi connectivity index (χ0v) is 19.5. The lowest BCUT2D eigenvalue weighted by atomic mass is 9.70. The van der Waals surface area contributed by atoms with Crippen LogP contribution in [0.2, 0.25) is 0 Å². The maximum absolute atomic E-state index is 4.09. The Bertz CT molecular complexity index is 1600. The lowest BCUT2D eigenvalue weighted by Gasteiger charge is -2.30. The average molecular weight is 445 g/mol. The van der Waals surface area contributed by atoms with Crippen molar-refractivity contribution in [1.82, 2.24) is 0 Å². The van der Waals surface area contributed by atoms with Gasteiger partial charge in [0, 0.05) is 0 Å². The molecule has 35 heavy (non-hydrogen) atoms. The molecule has 5 aromatic rings. The fraction of sp³-hybridized carbons (Fsp3) is 0.0286. The zero-order chi connectivity index (χ0) is 23.6. The summed E-state index contributed by atoms with van der Waals surface area (Å²) in [6, 6.07) is 42.5. The van der Waals surface area contributed by atoms with E-state index in [1.165, 1.54) is 55.6 Å². The first kappa shape index (κ1) is 20.0. The molecular formula is C35H24. The SMILES string of the molecule is C=CC(=C)c1ccc(-c2ccc3c(c2)C2(c4ccccc4-c4ccccc42)c2ccccc2-3)cc1. The quantitative estimate of drug-likeness (QED) is 0.239. The van der Waals surface area contributed by atoms with Crippen LogP contribution in [0.5, 0.6) is 0 Å². The summed E-state index contributed by atoms with van der Waals surface area (Å²) in [5.74, 6) is 0. The average Bonchev–Trinajstić information content (AvgIpc) is 3.40. The van der Waals surface area contributed by atoms with E-state index in [9.17, 15) is 0 Å². The van der Waals surface area contributed by atoms with E-state index < -0.39 is 0 Å². The van der Waals surface area contributed by atoms with Crippen LogP contribution in [0.4, 0.5) is 0 Å². The molecule has 0 bridgehead atoms. The second-order valence-corrected chi connectivity index (χ2v) is 9.45. The molecule has 0 saturated heterocycles. The molecule has 2 aliphatic carbocycles. The number of hydrogen-bond acceptors (Lipinski definition) is 0. The molecule has 5 aromatic carbocycles. The maximum atomic E-state index is 4.09. The molecule has 0 amide bonds. The third-order valence-electron chi connectivity index (χ3n) is 7.83. The van der Waals surface area contributed by atoms with Crippen molar-refractivity contribution < 1.29 is 0 Å². The second kappa shape index (κ2) is 7.29. The molecule has 1 spiro atoms. The van der Waals surface area contributed by atoms with Crippen LogP contribution < -0.4 is 0 Å². The molecule has 0 fully saturated rings. The van der Waals surface area contributed by atoms with Crippen molar-refractivity contribution in [3.05, 3.63) is 162 Å². The van der Waals surface area contributed by atoms with Crippen LogP contribution in [0.1, 0.15) is 27.8 Å². The van der Waals surface area contributed by atoms with Crippen molar-refractivity contribution in [3.8, 4) is 33.4 Å². The first-order valence-corrected chi connectivity index (χ1v) is 12.1. The fourth-order valence-electron chi connectivity index (χ4n) is 6.27. The number of benzene rings is 5. The van der Waals surface area contributed by atoms with Gasteiger partial charge in [0.05, 0.1) is 5.41 Å². The minimum atomic E-state index is -0.299. The van der Waals surface area contributed by atoms with Gasteiger partial charge in [-0.25, -0.2) is 0 Å². The van der Waals surface area contributed by atoms with Crippen molar-refractivity contribution in [2.24, 2.45) is 0 Å². The van der Waals surface area contributed by atoms with E-state index in [0.717, 1.165) is 11.1 Å². The van der Waals surface area contributed by atoms with Gasteiger partial charge in [0.1, 0.15) is 0 Å². The van der Waals surface area contributed by atoms with Gasteiger partial charge >= 0.3 is 0 Å². The molecular weight excluding hydrogens is 420 g/mol. The summed E-state index contributed by atoms with van der Waals surface area (Å²) >= 11 is 0. The van der Waals surface area contributed by atoms with Gasteiger partial charge in [-0.2, -0.15) is 0 Å². The Morgan fingerprint density at radius 3 is 1.49 bits per heavy atom. The molecule has 164 valence electrons. The van der Waals surface area contributed by atoms with Gasteiger partial charge in [0.25, 0.3) is 0 Å². The summed E-state index contributed by atoms with van der Waals surface area (Å²) in [6.07, 6.45) is 1.81. The van der Waals surface area contributed by atoms with E-state index >= 15 is 0 Å². The van der Waals surface area contributed by atoms with Crippen molar-refractivity contribution >= 4 is 5.57 Å². The summed E-state index contributed by atoms with van der Waals surface area (Å²) in [6.45, 7) is 7.94. The number of fused-ring (bicyclic) bond motifs is 10. The Kier molecular flexibility index (Phi) is 4.16. The maximum Gasteiger partial charge on any atom is 0.0725 e. The highest BCUT2D eigenvalue weighted by Gasteiger charge is 2.51. The third kappa shape index (κ3) is 2.57. The minimum absolute atomic E-state index is 0.299. The lowest BCUT2D eigenvalue weighted by Crippen LogP contribution is -2.25. The monoisotopic (exact) mass is 444 g/mol. The van der Waals surface area contributed by atoms with Crippen molar-refractivity contribution in [1.29, 1.82) is 0 Å². The van der Waals surface area contributed by atoms with E-state index in [1.54, 1.807) is 6.08 Å². The molecule has 0 saturated carbocycles. The van der Waals surface area contributed by atoms with E-state index in [-0.39, 0.29) is 5.41 Å². The molecule has 0 aliphatic heterocycles. The third-order valence-corrected chi connectivity index (χ3v) is 7.83. The van der Waals surface area contributed by atoms with Gasteiger partial charge < -0.3 is 0 Å². The van der Waals surface area contributed by atoms with Crippen LogP contribution in [-0.2, 0) is 5.41 Å². The Labute approximate surface area is 206 Å². The van der Waals surface area contributed by atoms with Gasteiger partial charge in [-0.15, -0.1) is 0 Å². The van der Waals surface area contributed by atoms with Crippen LogP contribution in [0.25, 0.3) is 39.0 Å². The normalized spacial score (nSPS) is 13.6. The standard InChI is InChI=1S/C35H24/c1-3-23(2)24-16-18-25(19-17-24)26-20-21-30-29-12-6-9-15-33(29)35(34(30)22-26)31-13-7-4-10-27(31)28-11-5-8-14-32(28)35/h3-22H,1-2H2. The Morgan fingerprint density at radius 2 is 0.971 bits per heavy atom. The second-order valence-electron chi connectivity index (χ2n) is 9.45. The fourth-order valence-corrected chi connectivity index (χ4v) is 6.27. The molecule has 7 rings (SSSR count). The molecule has 0 atom stereocenters. The predicted molar refractivity (Wildman–Crippen MR) is 147 cm³/mol. The highest BCUT2D eigenvalue weighted by molar-refractivity contribution is 5.95. The number of allylic oxidation sites excluding steroid dienone is 2. The predicted octanol–water partition coefficient (Wildman–Crippen LogP) is 8.90. The van der Waals surface area contributed by atoms with Crippen LogP contribution >= 0.6 is 0 Å². The van der Waals surface area contributed by atoms with E-state index in [0.29, 0.717) is 0 Å². The van der Waals surface area contributed by atoms with Crippen molar-refractivity contribution in [3.63, 3.8) is 0 Å². The van der Waals surface area contributed by atoms with Gasteiger partial charge in [0.2, 0.25) is 0 Å². The molecule has 0 heterocycles. The summed E-state index contributed by atoms with van der Waals surface area (Å²) in [5, 5.41) is 0. The Hall–Kier alpha value is -4.42. The van der Waals surface area contributed by atoms with Crippen molar-refractivity contribution in [2.45, 2.75) is 5.41 Å². The highest BCUT2D eigenvalue weighted by Crippen LogP contribution is 2.62. The first-order chi connectivity index (χ1) is 17.2. The molecule has 0 N–H and O–H groups in total. The van der Waals surface area contributed by atoms with Gasteiger partial charge in [-0.05, 0) is 72.8 Å². The number of hydrogen-bond donors (Lipinski definition) is 0. The van der Waals surface area contributed by atoms with Crippen LogP contribution in [0, 0.1) is 0 Å². The first-order valence-electron chi connectivity index (χ1n) is 12.1. The Balaban J connectivity index is 1.52. The van der Waals surface area contributed by atoms with Gasteiger partial charge in [-0.3, -0.25) is 0 Å². The highest BCUT2D eigenvalue weighted by atomic mass is 14.5. The largest absolute Gasteiger partial charge is 0.0985 e. The van der Waals surface area contributed by atoms with Crippen LogP contribution in [0.3, 0.4) is 0 Å². The Morgan fingerprint density at radius 1 is 0.514 bits per heavy atom. The van der Waals surface area contributed by atoms with Gasteiger partial charge in [-0.1, -0.05) is 128 Å². The van der Waals surface area contributed by atoms with Crippen LogP contribution in [0.15, 0.2) is 134 Å². The number of rotatable bonds is 3. The van der Waals surface area contributed by atoms with Crippen LogP contribution in [-0.4, -0.2) is 0 Å². The molecule has 0 nitrogen and oxygen atoms in total. The van der Waals surface area contributed by atoms with Gasteiger partial charge in [0.15, 0.2) is 0 Å². The summed E-state index contributed by atoms with van der Waals surface area (Å²) < 4.78 is 0. The zero-order valence-electron chi connectivity index (χ0n) is 19.5. The molecule has 0 aromatic heterocycles. The summed E-state index contributed by atoms with van der Waals surface area (Å²) in [7, 11) is 0. The minimum Gasteiger partial charge on any atom is -0.0985 e. The van der Waals surface area contributed by atoms with E-state index in [2.05, 4.69) is 128 Å². The van der Waals surface area contributed by atoms with Crippen molar-refractivity contribution in [2.75, 3.05) is 0 Å². The summed E-state index contributed by atoms with van der Waals surface area (Å²) in [5.41, 5.74) is 15.0. The smallest absolute Gasteiger partial charge is 0.0725 e. The topological polar surface area (TPSA) is 0 Å². The van der Waals surface area contributed by atoms with E-state index in [1.807, 2.05) is 0 Å².